The summed E-state index contributed by atoms with van der Waals surface area (Å²) in [4.78, 5) is 23.9. The summed E-state index contributed by atoms with van der Waals surface area (Å²) in [5.74, 6) is 0.473. The third-order valence-corrected chi connectivity index (χ3v) is 6.83. The molecule has 0 radical (unpaired) electrons. The number of alkyl halides is 2. The average Bonchev–Trinajstić information content (AvgIpc) is 2.79. The summed E-state index contributed by atoms with van der Waals surface area (Å²) in [6.45, 7) is 4.57. The van der Waals surface area contributed by atoms with Crippen LogP contribution in [0.2, 0.25) is 0 Å². The summed E-state index contributed by atoms with van der Waals surface area (Å²) < 4.78 is 25.3. The second-order valence-electron chi connectivity index (χ2n) is 9.44. The Bertz CT molecular complexity index is 1030. The van der Waals surface area contributed by atoms with Gasteiger partial charge in [-0.3, -0.25) is 19.7 Å². The minimum absolute atomic E-state index is 0.0420. The molecule has 176 valence electrons. The molecule has 0 unspecified atom stereocenters. The normalized spacial score (nSPS) is 24.6. The zero-order valence-corrected chi connectivity index (χ0v) is 18.9. The highest BCUT2D eigenvalue weighted by Crippen LogP contribution is 2.36. The molecular formula is C24H30F2N6O. The fourth-order valence-corrected chi connectivity index (χ4v) is 5.32. The summed E-state index contributed by atoms with van der Waals surface area (Å²) >= 11 is 0. The molecule has 3 heterocycles. The van der Waals surface area contributed by atoms with E-state index in [2.05, 4.69) is 33.6 Å². The highest BCUT2D eigenvalue weighted by atomic mass is 19.3. The van der Waals surface area contributed by atoms with E-state index in [9.17, 15) is 18.8 Å². The van der Waals surface area contributed by atoms with Gasteiger partial charge in [0.1, 0.15) is 11.6 Å². The van der Waals surface area contributed by atoms with Crippen LogP contribution in [0.1, 0.15) is 43.7 Å². The van der Waals surface area contributed by atoms with Crippen molar-refractivity contribution >= 4 is 16.9 Å². The molecule has 2 fully saturated rings. The van der Waals surface area contributed by atoms with Gasteiger partial charge in [0.15, 0.2) is 0 Å². The SMILES string of the molecule is C[C@@H]1CNC[C@](NC(=O)CC2CCN(CC(F)F)CC2)(c2ccc(C#N)c3nccnc23)C1. The van der Waals surface area contributed by atoms with Gasteiger partial charge in [-0.05, 0) is 56.8 Å². The van der Waals surface area contributed by atoms with Gasteiger partial charge in [-0.15, -0.1) is 0 Å². The van der Waals surface area contributed by atoms with E-state index in [1.807, 2.05) is 6.07 Å². The monoisotopic (exact) mass is 456 g/mol. The van der Waals surface area contributed by atoms with Crippen molar-refractivity contribution in [1.82, 2.24) is 25.5 Å². The van der Waals surface area contributed by atoms with Gasteiger partial charge >= 0.3 is 0 Å². The van der Waals surface area contributed by atoms with Crippen LogP contribution in [0.4, 0.5) is 8.78 Å². The number of aromatic nitrogens is 2. The molecule has 1 amide bonds. The molecule has 0 aliphatic carbocycles. The van der Waals surface area contributed by atoms with Gasteiger partial charge in [-0.2, -0.15) is 5.26 Å². The van der Waals surface area contributed by atoms with E-state index in [0.29, 0.717) is 48.6 Å². The Morgan fingerprint density at radius 1 is 1.30 bits per heavy atom. The number of fused-ring (bicyclic) bond motifs is 1. The Morgan fingerprint density at radius 2 is 2.03 bits per heavy atom. The zero-order chi connectivity index (χ0) is 23.4. The van der Waals surface area contributed by atoms with Crippen LogP contribution in [0.3, 0.4) is 0 Å². The maximum atomic E-state index is 13.2. The Labute approximate surface area is 192 Å². The Morgan fingerprint density at radius 3 is 2.70 bits per heavy atom. The van der Waals surface area contributed by atoms with Crippen molar-refractivity contribution in [3.8, 4) is 6.07 Å². The molecule has 2 N–H and O–H groups in total. The number of amides is 1. The first kappa shape index (κ1) is 23.5. The van der Waals surface area contributed by atoms with E-state index in [-0.39, 0.29) is 18.4 Å². The quantitative estimate of drug-likeness (QED) is 0.694. The van der Waals surface area contributed by atoms with Crippen molar-refractivity contribution in [3.63, 3.8) is 0 Å². The number of hydrogen-bond acceptors (Lipinski definition) is 6. The second-order valence-corrected chi connectivity index (χ2v) is 9.44. The molecule has 7 nitrogen and oxygen atoms in total. The number of carbonyl (C=O) groups is 1. The van der Waals surface area contributed by atoms with Crippen LogP contribution in [-0.4, -0.2) is 59.9 Å². The molecule has 9 heteroatoms. The number of benzene rings is 1. The lowest BCUT2D eigenvalue weighted by Gasteiger charge is -2.42. The van der Waals surface area contributed by atoms with Crippen LogP contribution >= 0.6 is 0 Å². The van der Waals surface area contributed by atoms with Crippen molar-refractivity contribution in [3.05, 3.63) is 35.7 Å². The number of nitrogens with one attached hydrogen (secondary N) is 2. The largest absolute Gasteiger partial charge is 0.345 e. The number of rotatable bonds is 6. The fraction of sp³-hybridized carbons (Fsp3) is 0.583. The molecule has 2 aliphatic heterocycles. The van der Waals surface area contributed by atoms with Gasteiger partial charge in [0.05, 0.1) is 23.2 Å². The maximum absolute atomic E-state index is 13.2. The van der Waals surface area contributed by atoms with E-state index in [0.717, 1.165) is 31.4 Å². The molecule has 1 aromatic carbocycles. The highest BCUT2D eigenvalue weighted by Gasteiger charge is 2.40. The number of carbonyl (C=O) groups excluding carboxylic acids is 1. The highest BCUT2D eigenvalue weighted by molar-refractivity contribution is 5.86. The number of hydrogen-bond donors (Lipinski definition) is 2. The van der Waals surface area contributed by atoms with Gasteiger partial charge in [0.2, 0.25) is 5.91 Å². The Hall–Kier alpha value is -2.70. The molecule has 0 spiro atoms. The van der Waals surface area contributed by atoms with E-state index in [1.165, 1.54) is 0 Å². The van der Waals surface area contributed by atoms with Crippen LogP contribution in [-0.2, 0) is 10.3 Å². The van der Waals surface area contributed by atoms with E-state index >= 15 is 0 Å². The number of nitriles is 1. The van der Waals surface area contributed by atoms with E-state index < -0.39 is 12.0 Å². The van der Waals surface area contributed by atoms with E-state index in [4.69, 9.17) is 0 Å². The van der Waals surface area contributed by atoms with Gasteiger partial charge in [0.25, 0.3) is 6.43 Å². The molecule has 2 aromatic rings. The van der Waals surface area contributed by atoms with Crippen molar-refractivity contribution in [2.75, 3.05) is 32.7 Å². The lowest BCUT2D eigenvalue weighted by atomic mass is 9.77. The lowest BCUT2D eigenvalue weighted by molar-refractivity contribution is -0.125. The van der Waals surface area contributed by atoms with Crippen LogP contribution in [0.5, 0.6) is 0 Å². The Balaban J connectivity index is 1.55. The van der Waals surface area contributed by atoms with Crippen molar-refractivity contribution in [1.29, 1.82) is 5.26 Å². The summed E-state index contributed by atoms with van der Waals surface area (Å²) in [6.07, 6.45) is 3.46. The molecule has 33 heavy (non-hydrogen) atoms. The molecule has 4 rings (SSSR count). The van der Waals surface area contributed by atoms with E-state index in [1.54, 1.807) is 23.4 Å². The first-order valence-corrected chi connectivity index (χ1v) is 11.6. The minimum atomic E-state index is -2.32. The second kappa shape index (κ2) is 10.1. The summed E-state index contributed by atoms with van der Waals surface area (Å²) in [7, 11) is 0. The van der Waals surface area contributed by atoms with Crippen molar-refractivity contribution < 1.29 is 13.6 Å². The van der Waals surface area contributed by atoms with Gasteiger partial charge in [-0.25, -0.2) is 8.78 Å². The van der Waals surface area contributed by atoms with Crippen LogP contribution in [0, 0.1) is 23.2 Å². The fourth-order valence-electron chi connectivity index (χ4n) is 5.32. The van der Waals surface area contributed by atoms with Crippen molar-refractivity contribution in [2.24, 2.45) is 11.8 Å². The standard InChI is InChI=1S/C24H30F2N6O/c1-16-11-24(15-28-13-16,19-3-2-18(12-27)22-23(19)30-7-6-29-22)31-21(33)10-17-4-8-32(9-5-17)14-20(25)26/h2-3,6-7,16-17,20,28H,4-5,8-11,13-15H2,1H3,(H,31,33)/t16-,24-/m0/s1. The topological polar surface area (TPSA) is 93.9 Å². The predicted octanol–water partition coefficient (Wildman–Crippen LogP) is 2.81. The maximum Gasteiger partial charge on any atom is 0.251 e. The van der Waals surface area contributed by atoms with Crippen LogP contribution < -0.4 is 10.6 Å². The molecular weight excluding hydrogens is 426 g/mol. The number of nitrogens with zero attached hydrogens (tertiary/aromatic N) is 4. The minimum Gasteiger partial charge on any atom is -0.345 e. The van der Waals surface area contributed by atoms with Gasteiger partial charge in [-0.1, -0.05) is 13.0 Å². The first-order chi connectivity index (χ1) is 15.9. The molecule has 0 saturated carbocycles. The van der Waals surface area contributed by atoms with Crippen LogP contribution in [0.25, 0.3) is 11.0 Å². The zero-order valence-electron chi connectivity index (χ0n) is 18.9. The third kappa shape index (κ3) is 5.28. The molecule has 1 aromatic heterocycles. The number of likely N-dealkylation sites (tertiary alicyclic amines) is 1. The summed E-state index contributed by atoms with van der Waals surface area (Å²) in [5, 5.41) is 16.3. The molecule has 2 atom stereocenters. The number of halogens is 2. The smallest absolute Gasteiger partial charge is 0.251 e. The average molecular weight is 457 g/mol. The molecule has 2 aliphatic rings. The molecule has 0 bridgehead atoms. The Kier molecular flexibility index (Phi) is 7.15. The number of piperidine rings is 2. The first-order valence-electron chi connectivity index (χ1n) is 11.6. The van der Waals surface area contributed by atoms with Gasteiger partial charge < -0.3 is 10.6 Å². The van der Waals surface area contributed by atoms with Crippen molar-refractivity contribution in [2.45, 2.75) is 44.6 Å². The van der Waals surface area contributed by atoms with Crippen LogP contribution in [0.15, 0.2) is 24.5 Å². The van der Waals surface area contributed by atoms with Gasteiger partial charge in [0, 0.05) is 30.9 Å². The summed E-state index contributed by atoms with van der Waals surface area (Å²) in [5.41, 5.74) is 1.83. The predicted molar refractivity (Wildman–Crippen MR) is 121 cm³/mol. The molecule has 2 saturated heterocycles. The lowest BCUT2D eigenvalue weighted by Crippen LogP contribution is -2.57. The summed E-state index contributed by atoms with van der Waals surface area (Å²) in [6, 6.07) is 5.81. The third-order valence-electron chi connectivity index (χ3n) is 6.83.